The fraction of sp³-hybridized carbons (Fsp3) is 0.571. The Balaban J connectivity index is 2.30. The molecule has 0 radical (unpaired) electrons. The molecule has 100 valence electrons. The van der Waals surface area contributed by atoms with Crippen molar-refractivity contribution in [2.75, 3.05) is 31.7 Å². The average Bonchev–Trinajstić information content (AvgIpc) is 2.39. The van der Waals surface area contributed by atoms with E-state index in [1.54, 1.807) is 7.11 Å². The lowest BCUT2D eigenvalue weighted by molar-refractivity contribution is 0.227. The van der Waals surface area contributed by atoms with Crippen LogP contribution in [0.15, 0.2) is 18.2 Å². The predicted molar refractivity (Wildman–Crippen MR) is 73.4 cm³/mol. The number of nitrogens with one attached hydrogen (secondary N) is 1. The molecule has 0 spiro atoms. The van der Waals surface area contributed by atoms with Gasteiger partial charge in [-0.15, -0.1) is 0 Å². The van der Waals surface area contributed by atoms with Crippen molar-refractivity contribution in [1.29, 1.82) is 0 Å². The largest absolute Gasteiger partial charge is 0.495 e. The molecule has 1 fully saturated rings. The first-order valence-corrected chi connectivity index (χ1v) is 6.41. The van der Waals surface area contributed by atoms with Crippen LogP contribution in [0, 0.1) is 6.92 Å². The second-order valence-corrected chi connectivity index (χ2v) is 4.96. The van der Waals surface area contributed by atoms with Crippen molar-refractivity contribution < 1.29 is 9.84 Å². The van der Waals surface area contributed by atoms with Crippen molar-refractivity contribution in [3.05, 3.63) is 23.8 Å². The first kappa shape index (κ1) is 13.2. The number of anilines is 1. The number of aliphatic hydroxyl groups is 1. The summed E-state index contributed by atoms with van der Waals surface area (Å²) in [6.07, 6.45) is 0. The summed E-state index contributed by atoms with van der Waals surface area (Å²) in [7, 11) is 1.70. The Morgan fingerprint density at radius 2 is 2.28 bits per heavy atom. The second-order valence-electron chi connectivity index (χ2n) is 4.96. The Morgan fingerprint density at radius 3 is 2.94 bits per heavy atom. The number of methoxy groups -OCH3 is 1. The molecule has 1 saturated heterocycles. The van der Waals surface area contributed by atoms with Crippen molar-refractivity contribution in [3.8, 4) is 5.75 Å². The maximum Gasteiger partial charge on any atom is 0.142 e. The standard InChI is InChI=1S/C14H22N2O2/c1-10-4-5-14(18-3)13(6-10)16-8-12(9-17)15-7-11(16)2/h4-6,11-12,15,17H,7-9H2,1-3H3. The van der Waals surface area contributed by atoms with Crippen molar-refractivity contribution in [3.63, 3.8) is 0 Å². The minimum atomic E-state index is 0.131. The van der Waals surface area contributed by atoms with E-state index in [1.807, 2.05) is 6.07 Å². The van der Waals surface area contributed by atoms with Gasteiger partial charge in [0, 0.05) is 25.2 Å². The van der Waals surface area contributed by atoms with Crippen LogP contribution in [0.2, 0.25) is 0 Å². The highest BCUT2D eigenvalue weighted by Crippen LogP contribution is 2.31. The van der Waals surface area contributed by atoms with Gasteiger partial charge in [-0.05, 0) is 31.5 Å². The molecule has 1 aromatic carbocycles. The Kier molecular flexibility index (Phi) is 4.09. The van der Waals surface area contributed by atoms with E-state index >= 15 is 0 Å². The van der Waals surface area contributed by atoms with E-state index < -0.39 is 0 Å². The number of hydrogen-bond acceptors (Lipinski definition) is 4. The topological polar surface area (TPSA) is 44.7 Å². The average molecular weight is 250 g/mol. The van der Waals surface area contributed by atoms with Crippen LogP contribution in [0.4, 0.5) is 5.69 Å². The molecule has 2 unspecified atom stereocenters. The SMILES string of the molecule is COc1ccc(C)cc1N1CC(CO)NCC1C. The van der Waals surface area contributed by atoms with Gasteiger partial charge in [-0.2, -0.15) is 0 Å². The van der Waals surface area contributed by atoms with Gasteiger partial charge in [0.25, 0.3) is 0 Å². The highest BCUT2D eigenvalue weighted by atomic mass is 16.5. The molecule has 1 aliphatic heterocycles. The number of hydrogen-bond donors (Lipinski definition) is 2. The Hall–Kier alpha value is -1.26. The molecule has 0 aromatic heterocycles. The third-order valence-electron chi connectivity index (χ3n) is 3.52. The van der Waals surface area contributed by atoms with Gasteiger partial charge < -0.3 is 20.1 Å². The van der Waals surface area contributed by atoms with Crippen LogP contribution < -0.4 is 15.0 Å². The van der Waals surface area contributed by atoms with Gasteiger partial charge in [0.05, 0.1) is 19.4 Å². The van der Waals surface area contributed by atoms with E-state index in [-0.39, 0.29) is 12.6 Å². The zero-order valence-corrected chi connectivity index (χ0v) is 11.3. The van der Waals surface area contributed by atoms with E-state index in [4.69, 9.17) is 4.74 Å². The molecule has 0 bridgehead atoms. The first-order chi connectivity index (χ1) is 8.65. The summed E-state index contributed by atoms with van der Waals surface area (Å²) >= 11 is 0. The molecule has 2 N–H and O–H groups in total. The maximum atomic E-state index is 9.30. The van der Waals surface area contributed by atoms with Crippen molar-refractivity contribution in [2.45, 2.75) is 25.9 Å². The second kappa shape index (κ2) is 5.59. The number of rotatable bonds is 3. The van der Waals surface area contributed by atoms with Crippen LogP contribution in [-0.2, 0) is 0 Å². The lowest BCUT2D eigenvalue weighted by atomic mass is 10.1. The Bertz CT molecular complexity index is 409. The summed E-state index contributed by atoms with van der Waals surface area (Å²) in [6.45, 7) is 6.11. The van der Waals surface area contributed by atoms with Crippen LogP contribution >= 0.6 is 0 Å². The molecule has 4 heteroatoms. The zero-order valence-electron chi connectivity index (χ0n) is 11.3. The van der Waals surface area contributed by atoms with Crippen molar-refractivity contribution in [1.82, 2.24) is 5.32 Å². The quantitative estimate of drug-likeness (QED) is 0.845. The van der Waals surface area contributed by atoms with Gasteiger partial charge in [0.2, 0.25) is 0 Å². The summed E-state index contributed by atoms with van der Waals surface area (Å²) in [6, 6.07) is 6.73. The molecule has 0 amide bonds. The van der Waals surface area contributed by atoms with E-state index in [0.717, 1.165) is 24.5 Å². The molecule has 18 heavy (non-hydrogen) atoms. The summed E-state index contributed by atoms with van der Waals surface area (Å²) in [4.78, 5) is 2.31. The Morgan fingerprint density at radius 1 is 1.50 bits per heavy atom. The molecule has 0 saturated carbocycles. The van der Waals surface area contributed by atoms with Crippen LogP contribution in [0.5, 0.6) is 5.75 Å². The lowest BCUT2D eigenvalue weighted by Gasteiger charge is -2.40. The molecular formula is C14H22N2O2. The molecule has 1 aliphatic rings. The summed E-state index contributed by atoms with van der Waals surface area (Å²) in [5.41, 5.74) is 2.34. The summed E-state index contributed by atoms with van der Waals surface area (Å²) in [5, 5.41) is 12.6. The van der Waals surface area contributed by atoms with Crippen LogP contribution in [0.25, 0.3) is 0 Å². The predicted octanol–water partition coefficient (Wildman–Crippen LogP) is 1.16. The van der Waals surface area contributed by atoms with Crippen LogP contribution in [-0.4, -0.2) is 44.0 Å². The smallest absolute Gasteiger partial charge is 0.142 e. The van der Waals surface area contributed by atoms with Crippen LogP contribution in [0.3, 0.4) is 0 Å². The van der Waals surface area contributed by atoms with E-state index in [2.05, 4.69) is 36.2 Å². The first-order valence-electron chi connectivity index (χ1n) is 6.41. The summed E-state index contributed by atoms with van der Waals surface area (Å²) < 4.78 is 5.45. The molecular weight excluding hydrogens is 228 g/mol. The fourth-order valence-electron chi connectivity index (χ4n) is 2.41. The lowest BCUT2D eigenvalue weighted by Crippen LogP contribution is -2.57. The molecule has 2 rings (SSSR count). The van der Waals surface area contributed by atoms with E-state index in [0.29, 0.717) is 6.04 Å². The molecule has 4 nitrogen and oxygen atoms in total. The number of ether oxygens (including phenoxy) is 1. The third kappa shape index (κ3) is 2.60. The highest BCUT2D eigenvalue weighted by molar-refractivity contribution is 5.61. The van der Waals surface area contributed by atoms with E-state index in [1.165, 1.54) is 5.56 Å². The van der Waals surface area contributed by atoms with Crippen molar-refractivity contribution in [2.24, 2.45) is 0 Å². The molecule has 1 heterocycles. The number of nitrogens with zero attached hydrogens (tertiary/aromatic N) is 1. The van der Waals surface area contributed by atoms with Gasteiger partial charge >= 0.3 is 0 Å². The molecule has 0 aliphatic carbocycles. The minimum absolute atomic E-state index is 0.131. The normalized spacial score (nSPS) is 24.1. The minimum Gasteiger partial charge on any atom is -0.495 e. The van der Waals surface area contributed by atoms with Gasteiger partial charge in [0.15, 0.2) is 0 Å². The number of aliphatic hydroxyl groups excluding tert-OH is 1. The number of piperazine rings is 1. The highest BCUT2D eigenvalue weighted by Gasteiger charge is 2.26. The van der Waals surface area contributed by atoms with Crippen LogP contribution in [0.1, 0.15) is 12.5 Å². The van der Waals surface area contributed by atoms with Crippen molar-refractivity contribution >= 4 is 5.69 Å². The monoisotopic (exact) mass is 250 g/mol. The maximum absolute atomic E-state index is 9.30. The fourth-order valence-corrected chi connectivity index (χ4v) is 2.41. The van der Waals surface area contributed by atoms with Gasteiger partial charge in [-0.1, -0.05) is 6.07 Å². The molecule has 2 atom stereocenters. The summed E-state index contributed by atoms with van der Waals surface area (Å²) in [5.74, 6) is 0.894. The Labute approximate surface area is 109 Å². The van der Waals surface area contributed by atoms with E-state index in [9.17, 15) is 5.11 Å². The third-order valence-corrected chi connectivity index (χ3v) is 3.52. The molecule has 1 aromatic rings. The number of aryl methyl sites for hydroxylation is 1. The number of benzene rings is 1. The van der Waals surface area contributed by atoms with Gasteiger partial charge in [0.1, 0.15) is 5.75 Å². The van der Waals surface area contributed by atoms with Gasteiger partial charge in [-0.25, -0.2) is 0 Å². The van der Waals surface area contributed by atoms with Gasteiger partial charge in [-0.3, -0.25) is 0 Å². The zero-order chi connectivity index (χ0) is 13.1.